The zero-order valence-electron chi connectivity index (χ0n) is 10.5. The van der Waals surface area contributed by atoms with Crippen molar-refractivity contribution in [1.29, 1.82) is 0 Å². The second-order valence-electron chi connectivity index (χ2n) is 4.35. The summed E-state index contributed by atoms with van der Waals surface area (Å²) in [5.41, 5.74) is 0.688. The molecule has 1 aliphatic rings. The van der Waals surface area contributed by atoms with Crippen molar-refractivity contribution in [2.24, 2.45) is 0 Å². The van der Waals surface area contributed by atoms with Gasteiger partial charge < -0.3 is 4.90 Å². The van der Waals surface area contributed by atoms with E-state index in [9.17, 15) is 13.2 Å². The lowest BCUT2D eigenvalue weighted by molar-refractivity contribution is 0.220. The summed E-state index contributed by atoms with van der Waals surface area (Å²) in [6.07, 6.45) is 0.920. The fraction of sp³-hybridized carbons (Fsp3) is 0.417. The van der Waals surface area contributed by atoms with Gasteiger partial charge in [0.05, 0.1) is 4.90 Å². The number of anilines is 1. The highest BCUT2D eigenvalue weighted by Gasteiger charge is 2.28. The number of rotatable bonds is 4. The van der Waals surface area contributed by atoms with Crippen LogP contribution in [0, 0.1) is 0 Å². The summed E-state index contributed by atoms with van der Waals surface area (Å²) >= 11 is 0. The standard InChI is InChI=1S/C12H15ClN2O3S/c1-2-7-14-8-9-15(12(14)16)10-3-5-11(6-4-10)19(13,17)18/h3-6H,2,7-9H2,1H3. The lowest BCUT2D eigenvalue weighted by atomic mass is 10.3. The molecule has 0 spiro atoms. The van der Waals surface area contributed by atoms with E-state index < -0.39 is 9.05 Å². The lowest BCUT2D eigenvalue weighted by Crippen LogP contribution is -2.32. The third kappa shape index (κ3) is 3.01. The summed E-state index contributed by atoms with van der Waals surface area (Å²) in [6, 6.07) is 5.98. The van der Waals surface area contributed by atoms with Gasteiger partial charge in [0, 0.05) is 36.0 Å². The molecule has 5 nitrogen and oxygen atoms in total. The van der Waals surface area contributed by atoms with Crippen LogP contribution in [0.5, 0.6) is 0 Å². The molecule has 1 saturated heterocycles. The van der Waals surface area contributed by atoms with E-state index in [4.69, 9.17) is 10.7 Å². The van der Waals surface area contributed by atoms with Crippen molar-refractivity contribution in [2.75, 3.05) is 24.5 Å². The Labute approximate surface area is 117 Å². The van der Waals surface area contributed by atoms with E-state index in [0.717, 1.165) is 13.0 Å². The topological polar surface area (TPSA) is 57.7 Å². The number of amides is 2. The van der Waals surface area contributed by atoms with Crippen LogP contribution in [0.4, 0.5) is 10.5 Å². The molecule has 1 fully saturated rings. The molecule has 0 aliphatic carbocycles. The van der Waals surface area contributed by atoms with Crippen molar-refractivity contribution in [3.63, 3.8) is 0 Å². The maximum absolute atomic E-state index is 12.1. The van der Waals surface area contributed by atoms with Crippen LogP contribution in [0.15, 0.2) is 29.2 Å². The summed E-state index contributed by atoms with van der Waals surface area (Å²) in [4.78, 5) is 15.5. The zero-order valence-corrected chi connectivity index (χ0v) is 12.1. The van der Waals surface area contributed by atoms with E-state index in [-0.39, 0.29) is 10.9 Å². The Morgan fingerprint density at radius 1 is 1.21 bits per heavy atom. The van der Waals surface area contributed by atoms with Gasteiger partial charge in [0.15, 0.2) is 0 Å². The molecule has 0 unspecified atom stereocenters. The molecular weight excluding hydrogens is 288 g/mol. The van der Waals surface area contributed by atoms with Crippen molar-refractivity contribution < 1.29 is 13.2 Å². The van der Waals surface area contributed by atoms with Crippen molar-refractivity contribution in [3.8, 4) is 0 Å². The number of hydrogen-bond donors (Lipinski definition) is 0. The second kappa shape index (κ2) is 5.38. The molecule has 0 radical (unpaired) electrons. The van der Waals surface area contributed by atoms with Crippen molar-refractivity contribution >= 4 is 31.5 Å². The molecule has 19 heavy (non-hydrogen) atoms. The van der Waals surface area contributed by atoms with Crippen LogP contribution < -0.4 is 4.90 Å². The average molecular weight is 303 g/mol. The Bertz CT molecular complexity index is 571. The molecule has 1 heterocycles. The Morgan fingerprint density at radius 2 is 1.84 bits per heavy atom. The molecule has 2 rings (SSSR count). The Kier molecular flexibility index (Phi) is 4.01. The van der Waals surface area contributed by atoms with E-state index in [0.29, 0.717) is 18.8 Å². The lowest BCUT2D eigenvalue weighted by Gasteiger charge is -2.18. The zero-order chi connectivity index (χ0) is 14.0. The number of halogens is 1. The Morgan fingerprint density at radius 3 is 2.37 bits per heavy atom. The normalized spacial score (nSPS) is 16.2. The first kappa shape index (κ1) is 14.1. The minimum absolute atomic E-state index is 0.0370. The first-order valence-corrected chi connectivity index (χ1v) is 8.35. The summed E-state index contributed by atoms with van der Waals surface area (Å²) in [6.45, 7) is 4.08. The molecule has 2 amide bonds. The number of carbonyl (C=O) groups is 1. The Balaban J connectivity index is 2.18. The molecule has 0 atom stereocenters. The van der Waals surface area contributed by atoms with Gasteiger partial charge in [-0.3, -0.25) is 4.90 Å². The summed E-state index contributed by atoms with van der Waals surface area (Å²) in [7, 11) is 1.53. The van der Waals surface area contributed by atoms with Crippen molar-refractivity contribution in [3.05, 3.63) is 24.3 Å². The summed E-state index contributed by atoms with van der Waals surface area (Å²) in [5, 5.41) is 0. The number of nitrogens with zero attached hydrogens (tertiary/aromatic N) is 2. The molecule has 0 saturated carbocycles. The second-order valence-corrected chi connectivity index (χ2v) is 6.92. The van der Waals surface area contributed by atoms with E-state index in [1.807, 2.05) is 6.92 Å². The highest BCUT2D eigenvalue weighted by molar-refractivity contribution is 8.13. The summed E-state index contributed by atoms with van der Waals surface area (Å²) in [5.74, 6) is 0. The van der Waals surface area contributed by atoms with Gasteiger partial charge in [0.25, 0.3) is 9.05 Å². The van der Waals surface area contributed by atoms with Crippen LogP contribution in [0.1, 0.15) is 13.3 Å². The minimum atomic E-state index is -3.72. The first-order valence-electron chi connectivity index (χ1n) is 6.04. The third-order valence-corrected chi connectivity index (χ3v) is 4.39. The van der Waals surface area contributed by atoms with Crippen LogP contribution in [0.3, 0.4) is 0 Å². The van der Waals surface area contributed by atoms with Crippen molar-refractivity contribution in [2.45, 2.75) is 18.2 Å². The molecule has 1 aliphatic heterocycles. The number of hydrogen-bond acceptors (Lipinski definition) is 3. The third-order valence-electron chi connectivity index (χ3n) is 3.02. The quantitative estimate of drug-likeness (QED) is 0.802. The van der Waals surface area contributed by atoms with Crippen LogP contribution in [0.25, 0.3) is 0 Å². The number of urea groups is 1. The number of benzene rings is 1. The molecule has 0 N–H and O–H groups in total. The van der Waals surface area contributed by atoms with Crippen LogP contribution in [0.2, 0.25) is 0 Å². The maximum atomic E-state index is 12.1. The smallest absolute Gasteiger partial charge is 0.323 e. The van der Waals surface area contributed by atoms with Gasteiger partial charge in [-0.05, 0) is 30.7 Å². The molecule has 0 aromatic heterocycles. The largest absolute Gasteiger partial charge is 0.324 e. The fourth-order valence-corrected chi connectivity index (χ4v) is 2.86. The van der Waals surface area contributed by atoms with Gasteiger partial charge in [0.2, 0.25) is 0 Å². The van der Waals surface area contributed by atoms with Crippen molar-refractivity contribution in [1.82, 2.24) is 4.90 Å². The van der Waals surface area contributed by atoms with Crippen LogP contribution in [-0.2, 0) is 9.05 Å². The fourth-order valence-electron chi connectivity index (χ4n) is 2.09. The first-order chi connectivity index (χ1) is 8.93. The number of carbonyl (C=O) groups excluding carboxylic acids is 1. The van der Waals surface area contributed by atoms with E-state index in [1.54, 1.807) is 21.9 Å². The molecule has 1 aromatic carbocycles. The highest BCUT2D eigenvalue weighted by atomic mass is 35.7. The average Bonchev–Trinajstić information content (AvgIpc) is 2.71. The van der Waals surface area contributed by atoms with Gasteiger partial charge >= 0.3 is 6.03 Å². The molecular formula is C12H15ClN2O3S. The van der Waals surface area contributed by atoms with E-state index in [2.05, 4.69) is 0 Å². The maximum Gasteiger partial charge on any atom is 0.324 e. The van der Waals surface area contributed by atoms with Gasteiger partial charge in [-0.1, -0.05) is 6.92 Å². The van der Waals surface area contributed by atoms with E-state index in [1.165, 1.54) is 12.1 Å². The van der Waals surface area contributed by atoms with Crippen LogP contribution >= 0.6 is 10.7 Å². The van der Waals surface area contributed by atoms with E-state index >= 15 is 0 Å². The highest BCUT2D eigenvalue weighted by Crippen LogP contribution is 2.23. The molecule has 1 aromatic rings. The molecule has 7 heteroatoms. The van der Waals surface area contributed by atoms with Gasteiger partial charge in [0.1, 0.15) is 0 Å². The molecule has 0 bridgehead atoms. The van der Waals surface area contributed by atoms with Gasteiger partial charge in [-0.2, -0.15) is 0 Å². The predicted molar refractivity (Wildman–Crippen MR) is 74.1 cm³/mol. The monoisotopic (exact) mass is 302 g/mol. The minimum Gasteiger partial charge on any atom is -0.323 e. The Hall–Kier alpha value is -1.27. The van der Waals surface area contributed by atoms with Gasteiger partial charge in [-0.15, -0.1) is 0 Å². The SMILES string of the molecule is CCCN1CCN(c2ccc(S(=O)(=O)Cl)cc2)C1=O. The van der Waals surface area contributed by atoms with Gasteiger partial charge in [-0.25, -0.2) is 13.2 Å². The summed E-state index contributed by atoms with van der Waals surface area (Å²) < 4.78 is 22.3. The predicted octanol–water partition coefficient (Wildman–Crippen LogP) is 2.27. The van der Waals surface area contributed by atoms with Crippen LogP contribution in [-0.4, -0.2) is 39.0 Å². The molecule has 104 valence electrons.